The molecule has 0 aliphatic carbocycles. The summed E-state index contributed by atoms with van der Waals surface area (Å²) < 4.78 is 12.0. The summed E-state index contributed by atoms with van der Waals surface area (Å²) in [7, 11) is 0. The summed E-state index contributed by atoms with van der Waals surface area (Å²) in [6.07, 6.45) is 5.26. The lowest BCUT2D eigenvalue weighted by molar-refractivity contribution is 0.0203. The lowest BCUT2D eigenvalue weighted by Crippen LogP contribution is -2.46. The molecule has 0 aromatic heterocycles. The molecule has 5 heteroatoms. The average Bonchev–Trinajstić information content (AvgIpc) is 2.55. The van der Waals surface area contributed by atoms with E-state index in [4.69, 9.17) is 15.9 Å². The van der Waals surface area contributed by atoms with Crippen LogP contribution in [0.4, 0.5) is 0 Å². The fraction of sp³-hybridized carbons (Fsp3) is 0.529. The second-order valence-electron chi connectivity index (χ2n) is 5.37. The number of nitrogens with zero attached hydrogens (tertiary/aromatic N) is 1. The van der Waals surface area contributed by atoms with Gasteiger partial charge in [-0.3, -0.25) is 4.90 Å². The van der Waals surface area contributed by atoms with E-state index in [0.29, 0.717) is 12.6 Å². The molecular weight excluding hydrogens is 344 g/mol. The van der Waals surface area contributed by atoms with E-state index in [-0.39, 0.29) is 0 Å². The zero-order chi connectivity index (χ0) is 15.8. The highest BCUT2D eigenvalue weighted by atomic mass is 79.9. The molecule has 1 saturated heterocycles. The van der Waals surface area contributed by atoms with Crippen LogP contribution in [-0.2, 0) is 11.3 Å². The maximum atomic E-state index is 5.59. The molecule has 1 atom stereocenters. The van der Waals surface area contributed by atoms with Crippen LogP contribution in [0.5, 0.6) is 5.75 Å². The molecule has 2 rings (SSSR count). The number of ether oxygens (including phenoxy) is 2. The Labute approximate surface area is 141 Å². The number of hydrogen-bond acceptors (Lipinski definition) is 4. The summed E-state index contributed by atoms with van der Waals surface area (Å²) >= 11 is 3.50. The fourth-order valence-electron chi connectivity index (χ4n) is 2.51. The zero-order valence-corrected chi connectivity index (χ0v) is 14.6. The molecule has 1 aliphatic heterocycles. The summed E-state index contributed by atoms with van der Waals surface area (Å²) in [4.78, 5) is 2.45. The molecule has 0 bridgehead atoms. The molecule has 1 heterocycles. The van der Waals surface area contributed by atoms with Crippen molar-refractivity contribution in [3.05, 3.63) is 28.2 Å². The van der Waals surface area contributed by atoms with Gasteiger partial charge in [0.2, 0.25) is 0 Å². The standard InChI is InChI=1S/C17H23BrN2O2/c1-3-8-22-17-5-4-16(18)11-15(17)13-19-12-14(2)20-6-9-21-10-7-20/h1,4-5,11,14,19H,6-10,12-13H2,2H3. The number of rotatable bonds is 7. The van der Waals surface area contributed by atoms with Gasteiger partial charge in [-0.15, -0.1) is 6.42 Å². The van der Waals surface area contributed by atoms with Crippen molar-refractivity contribution in [1.82, 2.24) is 10.2 Å². The minimum atomic E-state index is 0.290. The average molecular weight is 367 g/mol. The van der Waals surface area contributed by atoms with Gasteiger partial charge >= 0.3 is 0 Å². The molecule has 0 amide bonds. The number of morpholine rings is 1. The zero-order valence-electron chi connectivity index (χ0n) is 13.0. The lowest BCUT2D eigenvalue weighted by atomic mass is 10.2. The number of benzene rings is 1. The Morgan fingerprint density at radius 2 is 2.23 bits per heavy atom. The van der Waals surface area contributed by atoms with Crippen LogP contribution in [-0.4, -0.2) is 50.4 Å². The van der Waals surface area contributed by atoms with Gasteiger partial charge in [-0.25, -0.2) is 0 Å². The van der Waals surface area contributed by atoms with Crippen LogP contribution in [0.3, 0.4) is 0 Å². The van der Waals surface area contributed by atoms with Crippen LogP contribution >= 0.6 is 15.9 Å². The Kier molecular flexibility index (Phi) is 7.20. The molecule has 0 spiro atoms. The molecule has 4 nitrogen and oxygen atoms in total. The summed E-state index contributed by atoms with van der Waals surface area (Å²) in [5, 5.41) is 3.51. The first-order valence-electron chi connectivity index (χ1n) is 7.58. The van der Waals surface area contributed by atoms with Crippen LogP contribution in [0, 0.1) is 12.3 Å². The summed E-state index contributed by atoms with van der Waals surface area (Å²) in [5.41, 5.74) is 1.11. The maximum Gasteiger partial charge on any atom is 0.148 e. The van der Waals surface area contributed by atoms with Gasteiger partial charge in [-0.2, -0.15) is 0 Å². The molecular formula is C17H23BrN2O2. The number of nitrogens with one attached hydrogen (secondary N) is 1. The van der Waals surface area contributed by atoms with E-state index in [1.54, 1.807) is 0 Å². The maximum absolute atomic E-state index is 5.59. The number of hydrogen-bond donors (Lipinski definition) is 1. The Morgan fingerprint density at radius 3 is 2.95 bits per heavy atom. The van der Waals surface area contributed by atoms with Gasteiger partial charge in [0.05, 0.1) is 13.2 Å². The Balaban J connectivity index is 1.85. The van der Waals surface area contributed by atoms with Gasteiger partial charge in [-0.1, -0.05) is 21.9 Å². The first-order chi connectivity index (χ1) is 10.7. The van der Waals surface area contributed by atoms with Crippen LogP contribution in [0.25, 0.3) is 0 Å². The van der Waals surface area contributed by atoms with E-state index in [1.807, 2.05) is 12.1 Å². The van der Waals surface area contributed by atoms with Crippen molar-refractivity contribution in [3.63, 3.8) is 0 Å². The van der Waals surface area contributed by atoms with E-state index in [1.165, 1.54) is 0 Å². The van der Waals surface area contributed by atoms with Crippen molar-refractivity contribution in [1.29, 1.82) is 0 Å². The molecule has 0 saturated carbocycles. The summed E-state index contributed by atoms with van der Waals surface area (Å²) in [6, 6.07) is 6.47. The molecule has 1 aromatic rings. The van der Waals surface area contributed by atoms with Crippen LogP contribution in [0.2, 0.25) is 0 Å². The normalized spacial score (nSPS) is 17.0. The molecule has 120 valence electrons. The highest BCUT2D eigenvalue weighted by Crippen LogP contribution is 2.23. The third kappa shape index (κ3) is 5.29. The van der Waals surface area contributed by atoms with Crippen molar-refractivity contribution in [3.8, 4) is 18.1 Å². The van der Waals surface area contributed by atoms with E-state index in [2.05, 4.69) is 45.1 Å². The molecule has 1 unspecified atom stereocenters. The third-order valence-electron chi connectivity index (χ3n) is 3.76. The van der Waals surface area contributed by atoms with Crippen molar-refractivity contribution < 1.29 is 9.47 Å². The smallest absolute Gasteiger partial charge is 0.148 e. The first kappa shape index (κ1) is 17.3. The minimum Gasteiger partial charge on any atom is -0.481 e. The van der Waals surface area contributed by atoms with Gasteiger partial charge in [0, 0.05) is 42.3 Å². The molecule has 1 aliphatic rings. The van der Waals surface area contributed by atoms with E-state index in [0.717, 1.165) is 55.2 Å². The van der Waals surface area contributed by atoms with Crippen LogP contribution in [0.1, 0.15) is 12.5 Å². The monoisotopic (exact) mass is 366 g/mol. The Hall–Kier alpha value is -1.06. The highest BCUT2D eigenvalue weighted by molar-refractivity contribution is 9.10. The van der Waals surface area contributed by atoms with Gasteiger partial charge in [-0.05, 0) is 25.1 Å². The largest absolute Gasteiger partial charge is 0.481 e. The second kappa shape index (κ2) is 9.16. The van der Waals surface area contributed by atoms with Crippen molar-refractivity contribution in [2.24, 2.45) is 0 Å². The van der Waals surface area contributed by atoms with E-state index >= 15 is 0 Å². The fourth-order valence-corrected chi connectivity index (χ4v) is 2.92. The topological polar surface area (TPSA) is 33.7 Å². The van der Waals surface area contributed by atoms with Crippen LogP contribution in [0.15, 0.2) is 22.7 Å². The van der Waals surface area contributed by atoms with Gasteiger partial charge in [0.1, 0.15) is 12.4 Å². The van der Waals surface area contributed by atoms with Gasteiger partial charge in [0.25, 0.3) is 0 Å². The Bertz CT molecular complexity index is 510. The van der Waals surface area contributed by atoms with Crippen molar-refractivity contribution >= 4 is 15.9 Å². The SMILES string of the molecule is C#CCOc1ccc(Br)cc1CNCC(C)N1CCOCC1. The lowest BCUT2D eigenvalue weighted by Gasteiger charge is -2.32. The second-order valence-corrected chi connectivity index (χ2v) is 6.29. The highest BCUT2D eigenvalue weighted by Gasteiger charge is 2.16. The van der Waals surface area contributed by atoms with Gasteiger partial charge in [0.15, 0.2) is 0 Å². The quantitative estimate of drug-likeness (QED) is 0.750. The first-order valence-corrected chi connectivity index (χ1v) is 8.37. The molecule has 22 heavy (non-hydrogen) atoms. The molecule has 1 fully saturated rings. The van der Waals surface area contributed by atoms with E-state index in [9.17, 15) is 0 Å². The van der Waals surface area contributed by atoms with Gasteiger partial charge < -0.3 is 14.8 Å². The Morgan fingerprint density at radius 1 is 1.45 bits per heavy atom. The molecule has 1 N–H and O–H groups in total. The predicted molar refractivity (Wildman–Crippen MR) is 92.0 cm³/mol. The summed E-state index contributed by atoms with van der Waals surface area (Å²) in [6.45, 7) is 7.91. The van der Waals surface area contributed by atoms with Crippen LogP contribution < -0.4 is 10.1 Å². The number of halogens is 1. The van der Waals surface area contributed by atoms with Crippen molar-refractivity contribution in [2.45, 2.75) is 19.5 Å². The predicted octanol–water partition coefficient (Wildman–Crippen LogP) is 2.27. The minimum absolute atomic E-state index is 0.290. The third-order valence-corrected chi connectivity index (χ3v) is 4.25. The summed E-state index contributed by atoms with van der Waals surface area (Å²) in [5.74, 6) is 3.34. The number of terminal acetylenes is 1. The molecule has 0 radical (unpaired) electrons. The van der Waals surface area contributed by atoms with Crippen molar-refractivity contribution in [2.75, 3.05) is 39.5 Å². The molecule has 1 aromatic carbocycles. The van der Waals surface area contributed by atoms with E-state index < -0.39 is 0 Å².